The first-order chi connectivity index (χ1) is 10.6. The van der Waals surface area contributed by atoms with E-state index in [0.717, 1.165) is 11.3 Å². The van der Waals surface area contributed by atoms with Crippen molar-refractivity contribution in [3.8, 4) is 11.5 Å². The third-order valence-corrected chi connectivity index (χ3v) is 3.61. The summed E-state index contributed by atoms with van der Waals surface area (Å²) in [6.07, 6.45) is 1.56. The van der Waals surface area contributed by atoms with Crippen molar-refractivity contribution in [1.29, 1.82) is 0 Å². The van der Waals surface area contributed by atoms with Crippen molar-refractivity contribution >= 4 is 28.1 Å². The van der Waals surface area contributed by atoms with E-state index in [1.165, 1.54) is 0 Å². The number of nitrogens with one attached hydrogen (secondary N) is 1. The van der Waals surface area contributed by atoms with Gasteiger partial charge >= 0.3 is 0 Å². The van der Waals surface area contributed by atoms with E-state index in [4.69, 9.17) is 9.47 Å². The van der Waals surface area contributed by atoms with Crippen LogP contribution in [-0.2, 0) is 0 Å². The van der Waals surface area contributed by atoms with E-state index in [1.54, 1.807) is 38.6 Å². The summed E-state index contributed by atoms with van der Waals surface area (Å²) in [4.78, 5) is 12.1. The standard InChI is InChI=1S/C16H15BrN2O3/c1-21-12-5-3-11(4-6-12)10-18-19-16(20)14-9-13(22-2)7-8-15(14)17/h3-10H,1-2H3,(H,19,20)/b18-10-. The Morgan fingerprint density at radius 3 is 2.36 bits per heavy atom. The average Bonchev–Trinajstić information content (AvgIpc) is 2.55. The van der Waals surface area contributed by atoms with Gasteiger partial charge in [-0.15, -0.1) is 0 Å². The summed E-state index contributed by atoms with van der Waals surface area (Å²) in [6, 6.07) is 12.5. The monoisotopic (exact) mass is 362 g/mol. The van der Waals surface area contributed by atoms with Crippen molar-refractivity contribution in [1.82, 2.24) is 5.43 Å². The van der Waals surface area contributed by atoms with E-state index in [-0.39, 0.29) is 5.91 Å². The molecule has 0 aliphatic heterocycles. The van der Waals surface area contributed by atoms with Crippen LogP contribution in [0.1, 0.15) is 15.9 Å². The number of rotatable bonds is 5. The first-order valence-electron chi connectivity index (χ1n) is 6.45. The topological polar surface area (TPSA) is 59.9 Å². The summed E-state index contributed by atoms with van der Waals surface area (Å²) >= 11 is 3.33. The van der Waals surface area contributed by atoms with Gasteiger partial charge in [0.1, 0.15) is 11.5 Å². The van der Waals surface area contributed by atoms with Crippen LogP contribution >= 0.6 is 15.9 Å². The molecule has 0 atom stereocenters. The van der Waals surface area contributed by atoms with E-state index in [1.807, 2.05) is 24.3 Å². The minimum Gasteiger partial charge on any atom is -0.497 e. The molecule has 114 valence electrons. The largest absolute Gasteiger partial charge is 0.497 e. The minimum absolute atomic E-state index is 0.324. The van der Waals surface area contributed by atoms with Crippen molar-refractivity contribution in [3.05, 3.63) is 58.1 Å². The lowest BCUT2D eigenvalue weighted by Crippen LogP contribution is -2.18. The summed E-state index contributed by atoms with van der Waals surface area (Å²) in [7, 11) is 3.15. The fraction of sp³-hybridized carbons (Fsp3) is 0.125. The van der Waals surface area contributed by atoms with Crippen LogP contribution in [-0.4, -0.2) is 26.3 Å². The third-order valence-electron chi connectivity index (χ3n) is 2.91. The number of halogens is 1. The van der Waals surface area contributed by atoms with Gasteiger partial charge in [-0.3, -0.25) is 4.79 Å². The molecule has 0 unspecified atom stereocenters. The maximum absolute atomic E-state index is 12.1. The second-order valence-corrected chi connectivity index (χ2v) is 5.17. The molecule has 0 bridgehead atoms. The first kappa shape index (κ1) is 16.0. The van der Waals surface area contributed by atoms with Gasteiger partial charge in [0.15, 0.2) is 0 Å². The quantitative estimate of drug-likeness (QED) is 0.656. The van der Waals surface area contributed by atoms with Gasteiger partial charge in [-0.25, -0.2) is 5.43 Å². The second-order valence-electron chi connectivity index (χ2n) is 4.32. The van der Waals surface area contributed by atoms with E-state index < -0.39 is 0 Å². The van der Waals surface area contributed by atoms with Gasteiger partial charge in [-0.2, -0.15) is 5.10 Å². The zero-order valence-electron chi connectivity index (χ0n) is 12.2. The molecule has 6 heteroatoms. The third kappa shape index (κ3) is 4.08. The normalized spacial score (nSPS) is 10.5. The summed E-state index contributed by atoms with van der Waals surface area (Å²) in [5, 5.41) is 3.94. The molecule has 0 fully saturated rings. The number of nitrogens with zero attached hydrogens (tertiary/aromatic N) is 1. The highest BCUT2D eigenvalue weighted by molar-refractivity contribution is 9.10. The smallest absolute Gasteiger partial charge is 0.272 e. The highest BCUT2D eigenvalue weighted by Gasteiger charge is 2.10. The SMILES string of the molecule is COc1ccc(/C=N\NC(=O)c2cc(OC)ccc2Br)cc1. The number of hydrogen-bond acceptors (Lipinski definition) is 4. The molecular weight excluding hydrogens is 348 g/mol. The van der Waals surface area contributed by atoms with Crippen LogP contribution in [0.4, 0.5) is 0 Å². The second kappa shape index (κ2) is 7.61. The summed E-state index contributed by atoms with van der Waals surface area (Å²) in [5.74, 6) is 1.05. The number of methoxy groups -OCH3 is 2. The number of hydrazone groups is 1. The van der Waals surface area contributed by atoms with E-state index in [2.05, 4.69) is 26.5 Å². The van der Waals surface area contributed by atoms with E-state index in [0.29, 0.717) is 15.8 Å². The van der Waals surface area contributed by atoms with Crippen molar-refractivity contribution in [2.45, 2.75) is 0 Å². The Labute approximate surface area is 137 Å². The molecule has 0 saturated carbocycles. The van der Waals surface area contributed by atoms with Crippen LogP contribution in [0.25, 0.3) is 0 Å². The molecule has 22 heavy (non-hydrogen) atoms. The molecule has 1 amide bonds. The Hall–Kier alpha value is -2.34. The summed E-state index contributed by atoms with van der Waals surface area (Å²) in [5.41, 5.74) is 3.78. The highest BCUT2D eigenvalue weighted by Crippen LogP contribution is 2.22. The highest BCUT2D eigenvalue weighted by atomic mass is 79.9. The Bertz CT molecular complexity index is 684. The van der Waals surface area contributed by atoms with Gasteiger partial charge in [0, 0.05) is 4.47 Å². The van der Waals surface area contributed by atoms with Crippen molar-refractivity contribution in [2.24, 2.45) is 5.10 Å². The molecule has 2 rings (SSSR count). The van der Waals surface area contributed by atoms with Crippen LogP contribution in [0.2, 0.25) is 0 Å². The molecule has 0 aromatic heterocycles. The number of carbonyl (C=O) groups excluding carboxylic acids is 1. The molecule has 2 aromatic rings. The first-order valence-corrected chi connectivity index (χ1v) is 7.24. The average molecular weight is 363 g/mol. The number of ether oxygens (including phenoxy) is 2. The molecular formula is C16H15BrN2O3. The number of benzene rings is 2. The van der Waals surface area contributed by atoms with Crippen molar-refractivity contribution in [2.75, 3.05) is 14.2 Å². The molecule has 5 nitrogen and oxygen atoms in total. The maximum Gasteiger partial charge on any atom is 0.272 e. The van der Waals surface area contributed by atoms with Gasteiger partial charge in [0.25, 0.3) is 5.91 Å². The van der Waals surface area contributed by atoms with Gasteiger partial charge in [0.2, 0.25) is 0 Å². The minimum atomic E-state index is -0.324. The van der Waals surface area contributed by atoms with Crippen molar-refractivity contribution in [3.63, 3.8) is 0 Å². The predicted molar refractivity (Wildman–Crippen MR) is 88.7 cm³/mol. The zero-order chi connectivity index (χ0) is 15.9. The van der Waals surface area contributed by atoms with E-state index in [9.17, 15) is 4.79 Å². The van der Waals surface area contributed by atoms with Crippen LogP contribution in [0.15, 0.2) is 52.0 Å². The lowest BCUT2D eigenvalue weighted by molar-refractivity contribution is 0.0954. The Morgan fingerprint density at radius 1 is 1.09 bits per heavy atom. The van der Waals surface area contributed by atoms with Gasteiger partial charge in [-0.05, 0) is 64.0 Å². The van der Waals surface area contributed by atoms with Gasteiger partial charge < -0.3 is 9.47 Å². The molecule has 0 heterocycles. The fourth-order valence-electron chi connectivity index (χ4n) is 1.72. The van der Waals surface area contributed by atoms with Gasteiger partial charge in [-0.1, -0.05) is 0 Å². The fourth-order valence-corrected chi connectivity index (χ4v) is 2.15. The number of hydrogen-bond donors (Lipinski definition) is 1. The predicted octanol–water partition coefficient (Wildman–Crippen LogP) is 3.23. The molecule has 0 radical (unpaired) electrons. The van der Waals surface area contributed by atoms with Crippen LogP contribution < -0.4 is 14.9 Å². The maximum atomic E-state index is 12.1. The molecule has 0 spiro atoms. The Kier molecular flexibility index (Phi) is 5.55. The Morgan fingerprint density at radius 2 is 1.73 bits per heavy atom. The summed E-state index contributed by atoms with van der Waals surface area (Å²) in [6.45, 7) is 0. The lowest BCUT2D eigenvalue weighted by Gasteiger charge is -2.05. The van der Waals surface area contributed by atoms with Gasteiger partial charge in [0.05, 0.1) is 26.0 Å². The lowest BCUT2D eigenvalue weighted by atomic mass is 10.2. The van der Waals surface area contributed by atoms with Crippen LogP contribution in [0.5, 0.6) is 11.5 Å². The van der Waals surface area contributed by atoms with Crippen LogP contribution in [0.3, 0.4) is 0 Å². The Balaban J connectivity index is 2.04. The molecule has 2 aromatic carbocycles. The number of amides is 1. The van der Waals surface area contributed by atoms with E-state index >= 15 is 0 Å². The molecule has 0 aliphatic rings. The van der Waals surface area contributed by atoms with Crippen molar-refractivity contribution < 1.29 is 14.3 Å². The molecule has 0 saturated heterocycles. The van der Waals surface area contributed by atoms with Crippen LogP contribution in [0, 0.1) is 0 Å². The number of carbonyl (C=O) groups is 1. The molecule has 0 aliphatic carbocycles. The summed E-state index contributed by atoms with van der Waals surface area (Å²) < 4.78 is 10.8. The molecule has 1 N–H and O–H groups in total. The zero-order valence-corrected chi connectivity index (χ0v) is 13.8.